The first-order valence-corrected chi connectivity index (χ1v) is 12.3. The Hall–Kier alpha value is -2.91. The average molecular weight is 458 g/mol. The second-order valence-electron chi connectivity index (χ2n) is 7.96. The van der Waals surface area contributed by atoms with Crippen LogP contribution in [0.3, 0.4) is 0 Å². The molecular formula is C23H27N3O5S. The molecule has 0 aromatic heterocycles. The topological polar surface area (TPSA) is 96.0 Å². The summed E-state index contributed by atoms with van der Waals surface area (Å²) in [5, 5.41) is 2.82. The fraction of sp³-hybridized carbons (Fsp3) is 0.391. The van der Waals surface area contributed by atoms with Gasteiger partial charge in [0.1, 0.15) is 5.75 Å². The van der Waals surface area contributed by atoms with Crippen LogP contribution in [-0.4, -0.2) is 50.8 Å². The lowest BCUT2D eigenvalue weighted by atomic mass is 10.1. The molecule has 2 heterocycles. The fourth-order valence-corrected chi connectivity index (χ4v) is 5.50. The van der Waals surface area contributed by atoms with Gasteiger partial charge < -0.3 is 15.0 Å². The molecule has 0 atom stereocenters. The summed E-state index contributed by atoms with van der Waals surface area (Å²) in [6.45, 7) is 3.63. The lowest BCUT2D eigenvalue weighted by Gasteiger charge is -2.29. The van der Waals surface area contributed by atoms with Gasteiger partial charge in [-0.25, -0.2) is 8.42 Å². The van der Waals surface area contributed by atoms with Crippen molar-refractivity contribution >= 4 is 33.2 Å². The van der Waals surface area contributed by atoms with Gasteiger partial charge in [-0.2, -0.15) is 4.31 Å². The van der Waals surface area contributed by atoms with E-state index in [2.05, 4.69) is 5.32 Å². The molecule has 0 bridgehead atoms. The molecule has 8 nitrogen and oxygen atoms in total. The maximum absolute atomic E-state index is 12.8. The quantitative estimate of drug-likeness (QED) is 0.718. The van der Waals surface area contributed by atoms with Gasteiger partial charge in [-0.1, -0.05) is 13.3 Å². The summed E-state index contributed by atoms with van der Waals surface area (Å²) in [6.07, 6.45) is 3.58. The molecule has 32 heavy (non-hydrogen) atoms. The van der Waals surface area contributed by atoms with E-state index in [0.717, 1.165) is 25.7 Å². The molecule has 1 saturated heterocycles. The summed E-state index contributed by atoms with van der Waals surface area (Å²) in [4.78, 5) is 26.8. The molecule has 1 N–H and O–H groups in total. The van der Waals surface area contributed by atoms with Crippen molar-refractivity contribution in [3.63, 3.8) is 0 Å². The summed E-state index contributed by atoms with van der Waals surface area (Å²) < 4.78 is 32.6. The Morgan fingerprint density at radius 2 is 1.78 bits per heavy atom. The zero-order chi connectivity index (χ0) is 22.7. The van der Waals surface area contributed by atoms with Gasteiger partial charge in [-0.05, 0) is 61.7 Å². The van der Waals surface area contributed by atoms with E-state index >= 15 is 0 Å². The first-order chi connectivity index (χ1) is 15.4. The average Bonchev–Trinajstić information content (AvgIpc) is 2.81. The predicted octanol–water partition coefficient (Wildman–Crippen LogP) is 3.25. The minimum atomic E-state index is -3.54. The number of piperidine rings is 1. The van der Waals surface area contributed by atoms with Crippen molar-refractivity contribution in [1.29, 1.82) is 0 Å². The van der Waals surface area contributed by atoms with Crippen molar-refractivity contribution in [3.8, 4) is 5.75 Å². The molecule has 0 saturated carbocycles. The normalized spacial score (nSPS) is 16.9. The zero-order valence-electron chi connectivity index (χ0n) is 18.0. The van der Waals surface area contributed by atoms with Gasteiger partial charge in [0.2, 0.25) is 10.0 Å². The van der Waals surface area contributed by atoms with Gasteiger partial charge in [-0.15, -0.1) is 0 Å². The third kappa shape index (κ3) is 4.49. The smallest absolute Gasteiger partial charge is 0.265 e. The van der Waals surface area contributed by atoms with Gasteiger partial charge in [0.05, 0.1) is 10.6 Å². The number of sulfonamides is 1. The van der Waals surface area contributed by atoms with Crippen molar-refractivity contribution in [2.75, 3.05) is 36.5 Å². The Morgan fingerprint density at radius 1 is 1.06 bits per heavy atom. The van der Waals surface area contributed by atoms with Crippen molar-refractivity contribution in [2.45, 2.75) is 37.5 Å². The number of anilines is 2. The number of benzene rings is 2. The summed E-state index contributed by atoms with van der Waals surface area (Å²) in [5.74, 6) is 0.119. The Bertz CT molecular complexity index is 1110. The number of hydrogen-bond acceptors (Lipinski definition) is 5. The van der Waals surface area contributed by atoms with Gasteiger partial charge in [0, 0.05) is 30.9 Å². The Balaban J connectivity index is 1.49. The van der Waals surface area contributed by atoms with E-state index in [1.807, 2.05) is 6.92 Å². The van der Waals surface area contributed by atoms with Gasteiger partial charge in [0.15, 0.2) is 6.61 Å². The number of nitrogens with zero attached hydrogens (tertiary/aromatic N) is 2. The fourth-order valence-electron chi connectivity index (χ4n) is 3.98. The molecule has 2 aliphatic heterocycles. The number of ether oxygens (including phenoxy) is 1. The van der Waals surface area contributed by atoms with Crippen molar-refractivity contribution < 1.29 is 22.7 Å². The van der Waals surface area contributed by atoms with Crippen LogP contribution >= 0.6 is 0 Å². The minimum absolute atomic E-state index is 0.00535. The molecule has 1 fully saturated rings. The van der Waals surface area contributed by atoms with E-state index < -0.39 is 10.0 Å². The number of rotatable bonds is 6. The van der Waals surface area contributed by atoms with Gasteiger partial charge >= 0.3 is 0 Å². The molecule has 2 aromatic rings. The van der Waals surface area contributed by atoms with Crippen LogP contribution in [0.5, 0.6) is 5.75 Å². The minimum Gasteiger partial charge on any atom is -0.482 e. The van der Waals surface area contributed by atoms with Crippen LogP contribution < -0.4 is 15.0 Å². The molecule has 9 heteroatoms. The van der Waals surface area contributed by atoms with E-state index in [1.54, 1.807) is 23.1 Å². The molecule has 0 unspecified atom stereocenters. The predicted molar refractivity (Wildman–Crippen MR) is 122 cm³/mol. The van der Waals surface area contributed by atoms with Crippen molar-refractivity contribution in [3.05, 3.63) is 48.0 Å². The zero-order valence-corrected chi connectivity index (χ0v) is 18.9. The van der Waals surface area contributed by atoms with Crippen LogP contribution in [0.25, 0.3) is 0 Å². The second-order valence-corrected chi connectivity index (χ2v) is 9.90. The van der Waals surface area contributed by atoms with Crippen LogP contribution in [0.2, 0.25) is 0 Å². The van der Waals surface area contributed by atoms with E-state index in [0.29, 0.717) is 42.3 Å². The monoisotopic (exact) mass is 457 g/mol. The molecule has 0 aliphatic carbocycles. The van der Waals surface area contributed by atoms with Crippen LogP contribution in [0.4, 0.5) is 11.4 Å². The molecule has 2 amide bonds. The summed E-state index contributed by atoms with van der Waals surface area (Å²) >= 11 is 0. The van der Waals surface area contributed by atoms with Gasteiger partial charge in [-0.3, -0.25) is 9.59 Å². The number of nitrogens with one attached hydrogen (secondary N) is 1. The maximum atomic E-state index is 12.8. The number of fused-ring (bicyclic) bond motifs is 1. The molecule has 2 aromatic carbocycles. The van der Waals surface area contributed by atoms with Crippen molar-refractivity contribution in [1.82, 2.24) is 4.31 Å². The number of carbonyl (C=O) groups is 2. The summed E-state index contributed by atoms with van der Waals surface area (Å²) in [6, 6.07) is 11.1. The van der Waals surface area contributed by atoms with Crippen LogP contribution in [0.1, 0.15) is 43.0 Å². The standard InChI is InChI=1S/C23H27N3O5S/c1-2-12-26-20-15-18(8-11-21(20)31-16-22(26)27)24-23(28)17-6-9-19(10-7-17)32(29,30)25-13-4-3-5-14-25/h6-11,15H,2-5,12-14,16H2,1H3,(H,24,28). The number of carbonyl (C=O) groups excluding carboxylic acids is 2. The molecule has 0 spiro atoms. The van der Waals surface area contributed by atoms with E-state index in [4.69, 9.17) is 4.74 Å². The lowest BCUT2D eigenvalue weighted by Crippen LogP contribution is -2.39. The molecule has 4 rings (SSSR count). The highest BCUT2D eigenvalue weighted by Gasteiger charge is 2.27. The third-order valence-corrected chi connectivity index (χ3v) is 7.59. The summed E-state index contributed by atoms with van der Waals surface area (Å²) in [5.41, 5.74) is 1.50. The largest absolute Gasteiger partial charge is 0.482 e. The molecule has 2 aliphatic rings. The van der Waals surface area contributed by atoms with Crippen LogP contribution in [0, 0.1) is 0 Å². The summed E-state index contributed by atoms with van der Waals surface area (Å²) in [7, 11) is -3.54. The molecule has 170 valence electrons. The highest BCUT2D eigenvalue weighted by atomic mass is 32.2. The SMILES string of the molecule is CCCN1C(=O)COc2ccc(NC(=O)c3ccc(S(=O)(=O)N4CCCCC4)cc3)cc21. The molecular weight excluding hydrogens is 430 g/mol. The lowest BCUT2D eigenvalue weighted by molar-refractivity contribution is -0.121. The Labute approximate surface area is 188 Å². The van der Waals surface area contributed by atoms with Crippen LogP contribution in [0.15, 0.2) is 47.4 Å². The maximum Gasteiger partial charge on any atom is 0.265 e. The highest BCUT2D eigenvalue weighted by Crippen LogP contribution is 2.34. The first kappa shape index (κ1) is 22.3. The Kier molecular flexibility index (Phi) is 6.48. The third-order valence-electron chi connectivity index (χ3n) is 5.68. The molecule has 0 radical (unpaired) electrons. The first-order valence-electron chi connectivity index (χ1n) is 10.9. The van der Waals surface area contributed by atoms with E-state index in [-0.39, 0.29) is 23.3 Å². The number of hydrogen-bond donors (Lipinski definition) is 1. The van der Waals surface area contributed by atoms with E-state index in [9.17, 15) is 18.0 Å². The van der Waals surface area contributed by atoms with E-state index in [1.165, 1.54) is 28.6 Å². The van der Waals surface area contributed by atoms with Crippen LogP contribution in [-0.2, 0) is 14.8 Å². The van der Waals surface area contributed by atoms with Gasteiger partial charge in [0.25, 0.3) is 11.8 Å². The Morgan fingerprint density at radius 3 is 2.47 bits per heavy atom. The highest BCUT2D eigenvalue weighted by molar-refractivity contribution is 7.89. The van der Waals surface area contributed by atoms with Crippen molar-refractivity contribution in [2.24, 2.45) is 0 Å². The number of amides is 2. The second kappa shape index (κ2) is 9.30.